The number of hydrogen-bond donors (Lipinski definition) is 1. The maximum absolute atomic E-state index is 12.6. The van der Waals surface area contributed by atoms with Gasteiger partial charge in [-0.25, -0.2) is 4.79 Å². The van der Waals surface area contributed by atoms with Gasteiger partial charge in [-0.1, -0.05) is 6.42 Å². The van der Waals surface area contributed by atoms with Crippen LogP contribution in [0.15, 0.2) is 0 Å². The van der Waals surface area contributed by atoms with Gasteiger partial charge in [-0.2, -0.15) is 0 Å². The highest BCUT2D eigenvalue weighted by Crippen LogP contribution is 2.39. The molecule has 1 saturated heterocycles. The van der Waals surface area contributed by atoms with E-state index in [1.807, 2.05) is 6.92 Å². The fourth-order valence-electron chi connectivity index (χ4n) is 4.03. The fraction of sp³-hybridized carbons (Fsp3) is 0.684. The smallest absolute Gasteiger partial charge is 0.341 e. The van der Waals surface area contributed by atoms with E-state index in [0.717, 1.165) is 37.7 Å². The second-order valence-electron chi connectivity index (χ2n) is 7.13. The maximum atomic E-state index is 12.6. The van der Waals surface area contributed by atoms with E-state index in [-0.39, 0.29) is 11.9 Å². The summed E-state index contributed by atoms with van der Waals surface area (Å²) in [6.07, 6.45) is 6.46. The Morgan fingerprint density at radius 2 is 1.92 bits per heavy atom. The standard InChI is InChI=1S/C19H28N2O3S/c1-4-24-19(23)17-14-9-6-10-15(14)25-18(17)20-16(22)11-21-12(2)7-5-8-13(21)3/h12-13H,4-11H2,1-3H3,(H,20,22). The number of piperidine rings is 1. The van der Waals surface area contributed by atoms with Crippen molar-refractivity contribution in [1.82, 2.24) is 4.90 Å². The molecule has 6 heteroatoms. The minimum Gasteiger partial charge on any atom is -0.462 e. The molecule has 2 atom stereocenters. The minimum atomic E-state index is -0.308. The molecule has 1 aliphatic carbocycles. The number of thiophene rings is 1. The number of nitrogens with one attached hydrogen (secondary N) is 1. The number of amides is 1. The van der Waals surface area contributed by atoms with E-state index < -0.39 is 0 Å². The number of fused-ring (bicyclic) bond motifs is 1. The number of likely N-dealkylation sites (tertiary alicyclic amines) is 1. The first kappa shape index (κ1) is 18.4. The molecule has 1 aliphatic heterocycles. The highest BCUT2D eigenvalue weighted by Gasteiger charge is 2.30. The minimum absolute atomic E-state index is 0.0360. The van der Waals surface area contributed by atoms with Crippen LogP contribution in [-0.4, -0.2) is 42.0 Å². The number of anilines is 1. The predicted octanol–water partition coefficient (Wildman–Crippen LogP) is 3.61. The summed E-state index contributed by atoms with van der Waals surface area (Å²) >= 11 is 1.54. The van der Waals surface area contributed by atoms with Crippen LogP contribution in [0.1, 0.15) is 67.3 Å². The number of hydrogen-bond acceptors (Lipinski definition) is 5. The molecule has 25 heavy (non-hydrogen) atoms. The summed E-state index contributed by atoms with van der Waals surface area (Å²) in [5.74, 6) is -0.344. The highest BCUT2D eigenvalue weighted by molar-refractivity contribution is 7.17. The number of esters is 1. The van der Waals surface area contributed by atoms with Crippen molar-refractivity contribution >= 4 is 28.2 Å². The number of carbonyl (C=O) groups is 2. The zero-order chi connectivity index (χ0) is 18.0. The molecule has 1 fully saturated rings. The summed E-state index contributed by atoms with van der Waals surface area (Å²) in [7, 11) is 0. The first-order valence-electron chi connectivity index (χ1n) is 9.38. The first-order chi connectivity index (χ1) is 12.0. The van der Waals surface area contributed by atoms with Crippen LogP contribution in [0.25, 0.3) is 0 Å². The van der Waals surface area contributed by atoms with Gasteiger partial charge in [-0.15, -0.1) is 11.3 Å². The van der Waals surface area contributed by atoms with E-state index in [1.165, 1.54) is 11.3 Å². The molecular weight excluding hydrogens is 336 g/mol. The third kappa shape index (κ3) is 3.90. The number of aryl methyl sites for hydroxylation is 1. The number of carbonyl (C=O) groups excluding carboxylic acids is 2. The van der Waals surface area contributed by atoms with E-state index in [0.29, 0.717) is 35.8 Å². The van der Waals surface area contributed by atoms with E-state index in [4.69, 9.17) is 4.74 Å². The average molecular weight is 365 g/mol. The van der Waals surface area contributed by atoms with Crippen LogP contribution in [0.2, 0.25) is 0 Å². The van der Waals surface area contributed by atoms with Crippen LogP contribution < -0.4 is 5.32 Å². The number of ether oxygens (including phenoxy) is 1. The van der Waals surface area contributed by atoms with Gasteiger partial charge in [0.2, 0.25) is 5.91 Å². The van der Waals surface area contributed by atoms with Crippen molar-refractivity contribution in [2.24, 2.45) is 0 Å². The topological polar surface area (TPSA) is 58.6 Å². The third-order valence-electron chi connectivity index (χ3n) is 5.36. The summed E-state index contributed by atoms with van der Waals surface area (Å²) in [5, 5.41) is 3.68. The van der Waals surface area contributed by atoms with Gasteiger partial charge in [0.05, 0.1) is 18.7 Å². The van der Waals surface area contributed by atoms with E-state index in [1.54, 1.807) is 11.3 Å². The zero-order valence-electron chi connectivity index (χ0n) is 15.4. The van der Waals surface area contributed by atoms with Crippen molar-refractivity contribution in [3.05, 3.63) is 16.0 Å². The Bertz CT molecular complexity index is 645. The number of rotatable bonds is 5. The van der Waals surface area contributed by atoms with E-state index in [2.05, 4.69) is 24.1 Å². The summed E-state index contributed by atoms with van der Waals surface area (Å²) in [6, 6.07) is 0.847. The summed E-state index contributed by atoms with van der Waals surface area (Å²) in [4.78, 5) is 28.5. The van der Waals surface area contributed by atoms with Crippen molar-refractivity contribution in [2.45, 2.75) is 71.4 Å². The van der Waals surface area contributed by atoms with Crippen LogP contribution in [0.4, 0.5) is 5.00 Å². The molecule has 2 aliphatic rings. The zero-order valence-corrected chi connectivity index (χ0v) is 16.2. The quantitative estimate of drug-likeness (QED) is 0.811. The van der Waals surface area contributed by atoms with Crippen LogP contribution in [0, 0.1) is 0 Å². The largest absolute Gasteiger partial charge is 0.462 e. The average Bonchev–Trinajstić information content (AvgIpc) is 3.11. The Balaban J connectivity index is 1.74. The van der Waals surface area contributed by atoms with Gasteiger partial charge in [-0.3, -0.25) is 9.69 Å². The van der Waals surface area contributed by atoms with Gasteiger partial charge in [0.1, 0.15) is 5.00 Å². The van der Waals surface area contributed by atoms with Crippen LogP contribution in [0.3, 0.4) is 0 Å². The van der Waals surface area contributed by atoms with Crippen LogP contribution in [-0.2, 0) is 22.4 Å². The molecule has 0 bridgehead atoms. The predicted molar refractivity (Wildman–Crippen MR) is 100 cm³/mol. The molecule has 1 N–H and O–H groups in total. The molecule has 1 aromatic heterocycles. The molecule has 3 rings (SSSR count). The SMILES string of the molecule is CCOC(=O)c1c(NC(=O)CN2C(C)CCCC2C)sc2c1CCC2. The van der Waals surface area contributed by atoms with Crippen molar-refractivity contribution < 1.29 is 14.3 Å². The molecule has 5 nitrogen and oxygen atoms in total. The Morgan fingerprint density at radius 1 is 1.20 bits per heavy atom. The second kappa shape index (κ2) is 7.87. The lowest BCUT2D eigenvalue weighted by Crippen LogP contribution is -2.47. The molecule has 2 unspecified atom stereocenters. The highest BCUT2D eigenvalue weighted by atomic mass is 32.1. The second-order valence-corrected chi connectivity index (χ2v) is 8.24. The van der Waals surface area contributed by atoms with Crippen molar-refractivity contribution in [3.8, 4) is 0 Å². The van der Waals surface area contributed by atoms with Gasteiger partial charge in [0.25, 0.3) is 0 Å². The van der Waals surface area contributed by atoms with E-state index >= 15 is 0 Å². The molecule has 0 spiro atoms. The summed E-state index contributed by atoms with van der Waals surface area (Å²) in [6.45, 7) is 6.91. The van der Waals surface area contributed by atoms with Gasteiger partial charge >= 0.3 is 5.97 Å². The first-order valence-corrected chi connectivity index (χ1v) is 10.2. The monoisotopic (exact) mass is 364 g/mol. The van der Waals surface area contributed by atoms with Crippen molar-refractivity contribution in [2.75, 3.05) is 18.5 Å². The molecule has 2 heterocycles. The molecular formula is C19H28N2O3S. The summed E-state index contributed by atoms with van der Waals surface area (Å²) in [5.41, 5.74) is 1.67. The normalized spacial score (nSPS) is 23.3. The van der Waals surface area contributed by atoms with Crippen molar-refractivity contribution in [3.63, 3.8) is 0 Å². The van der Waals surface area contributed by atoms with Crippen molar-refractivity contribution in [1.29, 1.82) is 0 Å². The molecule has 0 saturated carbocycles. The molecule has 0 aromatic carbocycles. The van der Waals surface area contributed by atoms with Crippen LogP contribution >= 0.6 is 11.3 Å². The Labute approximate surface area is 153 Å². The van der Waals surface area contributed by atoms with Crippen LogP contribution in [0.5, 0.6) is 0 Å². The third-order valence-corrected chi connectivity index (χ3v) is 6.56. The lowest BCUT2D eigenvalue weighted by atomic mass is 9.97. The molecule has 0 radical (unpaired) electrons. The Hall–Kier alpha value is -1.40. The van der Waals surface area contributed by atoms with Gasteiger partial charge in [-0.05, 0) is 58.4 Å². The maximum Gasteiger partial charge on any atom is 0.341 e. The molecule has 1 amide bonds. The van der Waals surface area contributed by atoms with Gasteiger partial charge in [0, 0.05) is 17.0 Å². The van der Waals surface area contributed by atoms with E-state index in [9.17, 15) is 9.59 Å². The lowest BCUT2D eigenvalue weighted by Gasteiger charge is -2.38. The fourth-order valence-corrected chi connectivity index (χ4v) is 5.32. The Kier molecular flexibility index (Phi) is 5.79. The summed E-state index contributed by atoms with van der Waals surface area (Å²) < 4.78 is 5.22. The molecule has 138 valence electrons. The number of nitrogens with zero attached hydrogens (tertiary/aromatic N) is 1. The molecule has 1 aromatic rings. The Morgan fingerprint density at radius 3 is 2.60 bits per heavy atom. The van der Waals surface area contributed by atoms with Gasteiger partial charge < -0.3 is 10.1 Å². The lowest BCUT2D eigenvalue weighted by molar-refractivity contribution is -0.118. The van der Waals surface area contributed by atoms with Gasteiger partial charge in [0.15, 0.2) is 0 Å².